The van der Waals surface area contributed by atoms with Gasteiger partial charge in [-0.1, -0.05) is 13.8 Å². The van der Waals surface area contributed by atoms with Crippen molar-refractivity contribution in [1.82, 2.24) is 5.32 Å². The van der Waals surface area contributed by atoms with Gasteiger partial charge in [0.05, 0.1) is 6.61 Å². The Morgan fingerprint density at radius 2 is 2.25 bits per heavy atom. The summed E-state index contributed by atoms with van der Waals surface area (Å²) in [5, 5.41) is 12.2. The van der Waals surface area contributed by atoms with Crippen molar-refractivity contribution in [2.24, 2.45) is 5.92 Å². The fraction of sp³-hybridized carbons (Fsp3) is 0.583. The van der Waals surface area contributed by atoms with Gasteiger partial charge in [-0.05, 0) is 18.1 Å². The van der Waals surface area contributed by atoms with E-state index in [1.165, 1.54) is 4.88 Å². The molecule has 0 aliphatic rings. The van der Waals surface area contributed by atoms with Crippen molar-refractivity contribution in [2.75, 3.05) is 13.7 Å². The van der Waals surface area contributed by atoms with Crippen LogP contribution in [0.5, 0.6) is 0 Å². The molecular weight excluding hydrogens is 220 g/mol. The third kappa shape index (κ3) is 3.93. The quantitative estimate of drug-likeness (QED) is 0.827. The van der Waals surface area contributed by atoms with Crippen LogP contribution in [0.4, 0.5) is 0 Å². The number of nitrogens with one attached hydrogen (secondary N) is 1. The SMILES string of the molecule is COCC(NCc1ccc(C#N)s1)C(C)C. The molecule has 1 unspecified atom stereocenters. The Morgan fingerprint density at radius 1 is 1.50 bits per heavy atom. The number of rotatable bonds is 6. The summed E-state index contributed by atoms with van der Waals surface area (Å²) in [6, 6.07) is 6.37. The lowest BCUT2D eigenvalue weighted by molar-refractivity contribution is 0.146. The van der Waals surface area contributed by atoms with Gasteiger partial charge >= 0.3 is 0 Å². The molecule has 0 aromatic carbocycles. The minimum absolute atomic E-state index is 0.359. The molecule has 1 atom stereocenters. The van der Waals surface area contributed by atoms with Crippen molar-refractivity contribution in [3.63, 3.8) is 0 Å². The van der Waals surface area contributed by atoms with E-state index >= 15 is 0 Å². The predicted octanol–water partition coefficient (Wildman–Crippen LogP) is 2.38. The summed E-state index contributed by atoms with van der Waals surface area (Å²) in [5.74, 6) is 0.537. The highest BCUT2D eigenvalue weighted by atomic mass is 32.1. The van der Waals surface area contributed by atoms with Crippen molar-refractivity contribution in [3.8, 4) is 6.07 Å². The first-order chi connectivity index (χ1) is 7.67. The molecule has 1 aromatic rings. The third-order valence-electron chi connectivity index (χ3n) is 2.46. The van der Waals surface area contributed by atoms with Crippen molar-refractivity contribution in [2.45, 2.75) is 26.4 Å². The molecule has 3 nitrogen and oxygen atoms in total. The van der Waals surface area contributed by atoms with E-state index in [-0.39, 0.29) is 0 Å². The summed E-state index contributed by atoms with van der Waals surface area (Å²) in [6.07, 6.45) is 0. The van der Waals surface area contributed by atoms with Crippen LogP contribution in [-0.4, -0.2) is 19.8 Å². The summed E-state index contributed by atoms with van der Waals surface area (Å²) in [7, 11) is 1.72. The molecule has 0 saturated heterocycles. The van der Waals surface area contributed by atoms with E-state index in [9.17, 15) is 0 Å². The van der Waals surface area contributed by atoms with Crippen molar-refractivity contribution >= 4 is 11.3 Å². The molecule has 1 N–H and O–H groups in total. The zero-order valence-corrected chi connectivity index (χ0v) is 10.8. The van der Waals surface area contributed by atoms with Gasteiger partial charge in [0.1, 0.15) is 10.9 Å². The predicted molar refractivity (Wildman–Crippen MR) is 66.4 cm³/mol. The number of nitrogens with zero attached hydrogens (tertiary/aromatic N) is 1. The Hall–Kier alpha value is -0.890. The van der Waals surface area contributed by atoms with Gasteiger partial charge in [0, 0.05) is 24.6 Å². The van der Waals surface area contributed by atoms with Gasteiger partial charge in [0.2, 0.25) is 0 Å². The van der Waals surface area contributed by atoms with Crippen LogP contribution in [-0.2, 0) is 11.3 Å². The number of hydrogen-bond donors (Lipinski definition) is 1. The maximum Gasteiger partial charge on any atom is 0.110 e. The van der Waals surface area contributed by atoms with Gasteiger partial charge in [0.15, 0.2) is 0 Å². The van der Waals surface area contributed by atoms with E-state index in [0.29, 0.717) is 18.6 Å². The summed E-state index contributed by atoms with van der Waals surface area (Å²) < 4.78 is 5.17. The van der Waals surface area contributed by atoms with Crippen molar-refractivity contribution in [1.29, 1.82) is 5.26 Å². The molecule has 16 heavy (non-hydrogen) atoms. The number of nitriles is 1. The molecule has 0 spiro atoms. The second-order valence-corrected chi connectivity index (χ2v) is 5.23. The summed E-state index contributed by atoms with van der Waals surface area (Å²) in [4.78, 5) is 1.96. The van der Waals surface area contributed by atoms with Crippen LogP contribution < -0.4 is 5.32 Å². The Balaban J connectivity index is 2.45. The van der Waals surface area contributed by atoms with E-state index in [4.69, 9.17) is 10.00 Å². The van der Waals surface area contributed by atoms with E-state index in [1.54, 1.807) is 18.4 Å². The molecule has 1 rings (SSSR count). The fourth-order valence-electron chi connectivity index (χ4n) is 1.43. The maximum absolute atomic E-state index is 8.72. The van der Waals surface area contributed by atoms with E-state index in [1.807, 2.05) is 12.1 Å². The van der Waals surface area contributed by atoms with Crippen LogP contribution in [0.25, 0.3) is 0 Å². The molecule has 1 heterocycles. The zero-order valence-electron chi connectivity index (χ0n) is 9.99. The van der Waals surface area contributed by atoms with Crippen LogP contribution in [0.15, 0.2) is 12.1 Å². The molecule has 88 valence electrons. The van der Waals surface area contributed by atoms with Crippen molar-refractivity contribution < 1.29 is 4.74 Å². The fourth-order valence-corrected chi connectivity index (χ4v) is 2.19. The summed E-state index contributed by atoms with van der Waals surface area (Å²) in [5.41, 5.74) is 0. The Kier molecular flexibility index (Phi) is 5.47. The molecule has 0 fully saturated rings. The average molecular weight is 238 g/mol. The highest BCUT2D eigenvalue weighted by molar-refractivity contribution is 7.12. The topological polar surface area (TPSA) is 45.0 Å². The van der Waals surface area contributed by atoms with E-state index in [0.717, 1.165) is 11.4 Å². The third-order valence-corrected chi connectivity index (χ3v) is 3.45. The van der Waals surface area contributed by atoms with Gasteiger partial charge in [-0.25, -0.2) is 0 Å². The van der Waals surface area contributed by atoms with Crippen LogP contribution >= 0.6 is 11.3 Å². The van der Waals surface area contributed by atoms with Gasteiger partial charge in [0.25, 0.3) is 0 Å². The van der Waals surface area contributed by atoms with E-state index in [2.05, 4.69) is 25.2 Å². The monoisotopic (exact) mass is 238 g/mol. The van der Waals surface area contributed by atoms with Gasteiger partial charge < -0.3 is 10.1 Å². The number of thiophene rings is 1. The first-order valence-corrected chi connectivity index (χ1v) is 6.20. The van der Waals surface area contributed by atoms with Gasteiger partial charge in [-0.2, -0.15) is 5.26 Å². The molecule has 0 saturated carbocycles. The number of methoxy groups -OCH3 is 1. The second kappa shape index (κ2) is 6.64. The lowest BCUT2D eigenvalue weighted by Gasteiger charge is -2.21. The summed E-state index contributed by atoms with van der Waals surface area (Å²) >= 11 is 1.54. The molecular formula is C12H18N2OS. The van der Waals surface area contributed by atoms with Gasteiger partial charge in [-0.3, -0.25) is 0 Å². The largest absolute Gasteiger partial charge is 0.383 e. The Morgan fingerprint density at radius 3 is 2.75 bits per heavy atom. The Labute approximate surface area is 101 Å². The van der Waals surface area contributed by atoms with Crippen LogP contribution in [0.3, 0.4) is 0 Å². The molecule has 0 aliphatic heterocycles. The molecule has 0 amide bonds. The lowest BCUT2D eigenvalue weighted by Crippen LogP contribution is -2.37. The van der Waals surface area contributed by atoms with Crippen LogP contribution in [0, 0.1) is 17.2 Å². The molecule has 1 aromatic heterocycles. The van der Waals surface area contributed by atoms with Gasteiger partial charge in [-0.15, -0.1) is 11.3 Å². The number of hydrogen-bond acceptors (Lipinski definition) is 4. The molecule has 0 aliphatic carbocycles. The highest BCUT2D eigenvalue weighted by Gasteiger charge is 2.12. The minimum atomic E-state index is 0.359. The van der Waals surface area contributed by atoms with Crippen LogP contribution in [0.2, 0.25) is 0 Å². The zero-order chi connectivity index (χ0) is 12.0. The second-order valence-electron chi connectivity index (χ2n) is 4.06. The molecule has 0 bridgehead atoms. The average Bonchev–Trinajstić information content (AvgIpc) is 2.71. The maximum atomic E-state index is 8.72. The first-order valence-electron chi connectivity index (χ1n) is 5.38. The Bertz CT molecular complexity index is 354. The normalized spacial score (nSPS) is 12.7. The van der Waals surface area contributed by atoms with Crippen LogP contribution in [0.1, 0.15) is 23.6 Å². The smallest absolute Gasteiger partial charge is 0.110 e. The standard InChI is InChI=1S/C12H18N2OS/c1-9(2)12(8-15-3)14-7-11-5-4-10(6-13)16-11/h4-5,9,12,14H,7-8H2,1-3H3. The first kappa shape index (κ1) is 13.2. The summed E-state index contributed by atoms with van der Waals surface area (Å²) in [6.45, 7) is 5.87. The number of ether oxygens (including phenoxy) is 1. The van der Waals surface area contributed by atoms with E-state index < -0.39 is 0 Å². The molecule has 0 radical (unpaired) electrons. The molecule has 4 heteroatoms. The minimum Gasteiger partial charge on any atom is -0.383 e. The highest BCUT2D eigenvalue weighted by Crippen LogP contribution is 2.15. The van der Waals surface area contributed by atoms with Crippen molar-refractivity contribution in [3.05, 3.63) is 21.9 Å². The lowest BCUT2D eigenvalue weighted by atomic mass is 10.1.